The topological polar surface area (TPSA) is 57.9 Å². The molecule has 13 heavy (non-hydrogen) atoms. The summed E-state index contributed by atoms with van der Waals surface area (Å²) < 4.78 is 0. The normalized spacial score (nSPS) is 20.7. The van der Waals surface area contributed by atoms with Crippen molar-refractivity contribution >= 4 is 0 Å². The molecular formula is C9H16N4. The highest BCUT2D eigenvalue weighted by atomic mass is 15.1. The Hall–Kier alpha value is -0.870. The van der Waals surface area contributed by atoms with Crippen LogP contribution in [0.5, 0.6) is 0 Å². The van der Waals surface area contributed by atoms with E-state index in [2.05, 4.69) is 14.9 Å². The van der Waals surface area contributed by atoms with Crippen LogP contribution in [0, 0.1) is 0 Å². The first kappa shape index (κ1) is 8.72. The molecule has 0 aliphatic carbocycles. The average molecular weight is 180 g/mol. The summed E-state index contributed by atoms with van der Waals surface area (Å²) in [5.74, 6) is 0. The standard InChI is InChI=1S/C9H16N4/c10-8-1-3-13(4-2-8)6-9-5-11-7-12-9/h5,7-8H,1-4,6,10H2,(H,11,12). The number of nitrogens with two attached hydrogens (primary N) is 1. The van der Waals surface area contributed by atoms with Crippen LogP contribution in [0.25, 0.3) is 0 Å². The Morgan fingerprint density at radius 1 is 1.54 bits per heavy atom. The van der Waals surface area contributed by atoms with Crippen molar-refractivity contribution in [2.75, 3.05) is 13.1 Å². The van der Waals surface area contributed by atoms with Crippen LogP contribution >= 0.6 is 0 Å². The van der Waals surface area contributed by atoms with E-state index < -0.39 is 0 Å². The van der Waals surface area contributed by atoms with Crippen LogP contribution in [0.1, 0.15) is 18.5 Å². The molecule has 3 N–H and O–H groups in total. The molecule has 0 bridgehead atoms. The number of aromatic amines is 1. The molecule has 0 aromatic carbocycles. The molecule has 0 atom stereocenters. The second kappa shape index (κ2) is 3.89. The van der Waals surface area contributed by atoms with Gasteiger partial charge in [0.1, 0.15) is 0 Å². The number of nitrogens with one attached hydrogen (secondary N) is 1. The molecule has 2 heterocycles. The SMILES string of the molecule is NC1CCN(Cc2cnc[nH]2)CC1. The summed E-state index contributed by atoms with van der Waals surface area (Å²) in [4.78, 5) is 9.52. The van der Waals surface area contributed by atoms with Crippen LogP contribution in [0.4, 0.5) is 0 Å². The van der Waals surface area contributed by atoms with E-state index in [0.29, 0.717) is 6.04 Å². The lowest BCUT2D eigenvalue weighted by atomic mass is 10.1. The van der Waals surface area contributed by atoms with Gasteiger partial charge < -0.3 is 10.7 Å². The number of imidazole rings is 1. The molecule has 4 heteroatoms. The maximum absolute atomic E-state index is 5.82. The van der Waals surface area contributed by atoms with Crippen molar-refractivity contribution in [3.05, 3.63) is 18.2 Å². The Bertz CT molecular complexity index is 236. The van der Waals surface area contributed by atoms with E-state index in [1.807, 2.05) is 6.20 Å². The predicted octanol–water partition coefficient (Wildman–Crippen LogP) is 0.333. The number of aromatic nitrogens is 2. The Labute approximate surface area is 78.1 Å². The molecule has 0 amide bonds. The van der Waals surface area contributed by atoms with Gasteiger partial charge in [0.15, 0.2) is 0 Å². The van der Waals surface area contributed by atoms with Gasteiger partial charge in [0.2, 0.25) is 0 Å². The Morgan fingerprint density at radius 2 is 2.31 bits per heavy atom. The lowest BCUT2D eigenvalue weighted by Crippen LogP contribution is -2.39. The van der Waals surface area contributed by atoms with Crippen molar-refractivity contribution in [3.8, 4) is 0 Å². The third-order valence-electron chi connectivity index (χ3n) is 2.58. The molecule has 1 saturated heterocycles. The molecule has 1 aromatic heterocycles. The Kier molecular flexibility index (Phi) is 2.61. The fourth-order valence-electron chi connectivity index (χ4n) is 1.72. The maximum atomic E-state index is 5.82. The zero-order valence-corrected chi connectivity index (χ0v) is 7.74. The Morgan fingerprint density at radius 3 is 2.92 bits per heavy atom. The van der Waals surface area contributed by atoms with Gasteiger partial charge in [0, 0.05) is 37.6 Å². The van der Waals surface area contributed by atoms with Crippen molar-refractivity contribution in [1.29, 1.82) is 0 Å². The number of nitrogens with zero attached hydrogens (tertiary/aromatic N) is 2. The van der Waals surface area contributed by atoms with E-state index in [1.54, 1.807) is 6.33 Å². The van der Waals surface area contributed by atoms with Gasteiger partial charge in [-0.1, -0.05) is 0 Å². The van der Waals surface area contributed by atoms with Gasteiger partial charge in [0.05, 0.1) is 6.33 Å². The maximum Gasteiger partial charge on any atom is 0.0922 e. The number of hydrogen-bond acceptors (Lipinski definition) is 3. The van der Waals surface area contributed by atoms with Gasteiger partial charge >= 0.3 is 0 Å². The lowest BCUT2D eigenvalue weighted by molar-refractivity contribution is 0.204. The first-order valence-electron chi connectivity index (χ1n) is 4.80. The van der Waals surface area contributed by atoms with Gasteiger partial charge in [-0.25, -0.2) is 4.98 Å². The minimum atomic E-state index is 0.415. The van der Waals surface area contributed by atoms with E-state index in [4.69, 9.17) is 5.73 Å². The summed E-state index contributed by atoms with van der Waals surface area (Å²) in [5.41, 5.74) is 7.01. The van der Waals surface area contributed by atoms with Crippen LogP contribution < -0.4 is 5.73 Å². The molecule has 1 fully saturated rings. The van der Waals surface area contributed by atoms with Gasteiger partial charge in [-0.3, -0.25) is 4.90 Å². The monoisotopic (exact) mass is 180 g/mol. The fraction of sp³-hybridized carbons (Fsp3) is 0.667. The summed E-state index contributed by atoms with van der Waals surface area (Å²) in [6.07, 6.45) is 5.85. The number of likely N-dealkylation sites (tertiary alicyclic amines) is 1. The quantitative estimate of drug-likeness (QED) is 0.689. The average Bonchev–Trinajstić information content (AvgIpc) is 2.62. The van der Waals surface area contributed by atoms with Gasteiger partial charge in [0.25, 0.3) is 0 Å². The molecule has 2 rings (SSSR count). The molecular weight excluding hydrogens is 164 g/mol. The van der Waals surface area contributed by atoms with Gasteiger partial charge in [-0.2, -0.15) is 0 Å². The van der Waals surface area contributed by atoms with E-state index >= 15 is 0 Å². The molecule has 1 aliphatic rings. The fourth-order valence-corrected chi connectivity index (χ4v) is 1.72. The summed E-state index contributed by atoms with van der Waals surface area (Å²) in [6, 6.07) is 0.415. The molecule has 0 radical (unpaired) electrons. The number of H-pyrrole nitrogens is 1. The zero-order valence-electron chi connectivity index (χ0n) is 7.74. The van der Waals surface area contributed by atoms with Crippen LogP contribution in [-0.2, 0) is 6.54 Å². The molecule has 4 nitrogen and oxygen atoms in total. The molecule has 72 valence electrons. The third-order valence-corrected chi connectivity index (χ3v) is 2.58. The van der Waals surface area contributed by atoms with E-state index in [1.165, 1.54) is 5.69 Å². The lowest BCUT2D eigenvalue weighted by Gasteiger charge is -2.29. The van der Waals surface area contributed by atoms with Gasteiger partial charge in [-0.05, 0) is 12.8 Å². The highest BCUT2D eigenvalue weighted by Crippen LogP contribution is 2.10. The van der Waals surface area contributed by atoms with Crippen LogP contribution in [0.15, 0.2) is 12.5 Å². The van der Waals surface area contributed by atoms with Gasteiger partial charge in [-0.15, -0.1) is 0 Å². The van der Waals surface area contributed by atoms with E-state index in [-0.39, 0.29) is 0 Å². The van der Waals surface area contributed by atoms with Crippen molar-refractivity contribution in [2.24, 2.45) is 5.73 Å². The first-order valence-corrected chi connectivity index (χ1v) is 4.80. The van der Waals surface area contributed by atoms with Crippen molar-refractivity contribution in [1.82, 2.24) is 14.9 Å². The van der Waals surface area contributed by atoms with Crippen molar-refractivity contribution < 1.29 is 0 Å². The first-order chi connectivity index (χ1) is 6.34. The summed E-state index contributed by atoms with van der Waals surface area (Å²) in [7, 11) is 0. The van der Waals surface area contributed by atoms with Crippen molar-refractivity contribution in [3.63, 3.8) is 0 Å². The minimum absolute atomic E-state index is 0.415. The smallest absolute Gasteiger partial charge is 0.0922 e. The highest BCUT2D eigenvalue weighted by molar-refractivity contribution is 4.94. The third kappa shape index (κ3) is 2.29. The molecule has 0 unspecified atom stereocenters. The second-order valence-electron chi connectivity index (χ2n) is 3.69. The molecule has 1 aliphatic heterocycles. The molecule has 0 spiro atoms. The van der Waals surface area contributed by atoms with E-state index in [9.17, 15) is 0 Å². The van der Waals surface area contributed by atoms with Crippen molar-refractivity contribution in [2.45, 2.75) is 25.4 Å². The van der Waals surface area contributed by atoms with Crippen LogP contribution in [0.3, 0.4) is 0 Å². The summed E-state index contributed by atoms with van der Waals surface area (Å²) in [6.45, 7) is 3.20. The summed E-state index contributed by atoms with van der Waals surface area (Å²) in [5, 5.41) is 0. The number of rotatable bonds is 2. The Balaban J connectivity index is 1.83. The number of piperidine rings is 1. The largest absolute Gasteiger partial charge is 0.347 e. The van der Waals surface area contributed by atoms with Crippen LogP contribution in [0.2, 0.25) is 0 Å². The minimum Gasteiger partial charge on any atom is -0.347 e. The predicted molar refractivity (Wildman–Crippen MR) is 51.1 cm³/mol. The molecule has 0 saturated carbocycles. The zero-order chi connectivity index (χ0) is 9.10. The second-order valence-corrected chi connectivity index (χ2v) is 3.69. The van der Waals surface area contributed by atoms with E-state index in [0.717, 1.165) is 32.5 Å². The number of hydrogen-bond donors (Lipinski definition) is 2. The molecule has 1 aromatic rings. The van der Waals surface area contributed by atoms with Crippen LogP contribution in [-0.4, -0.2) is 34.0 Å². The highest BCUT2D eigenvalue weighted by Gasteiger charge is 2.15. The summed E-state index contributed by atoms with van der Waals surface area (Å²) >= 11 is 0.